The zero-order valence-corrected chi connectivity index (χ0v) is 23.7. The SMILES string of the molecule is CCCC(C)(Oc1ccc(NC(=O)Cc2ccc(S(=O)(=O)CC)cc2)cc1)C(=O)Nc1ccc(Cl)cc1Cl. The Balaban J connectivity index is 1.63. The maximum absolute atomic E-state index is 13.1. The molecule has 0 aliphatic heterocycles. The molecular weight excluding hydrogens is 547 g/mol. The van der Waals surface area contributed by atoms with Crippen molar-refractivity contribution >= 4 is 56.2 Å². The van der Waals surface area contributed by atoms with E-state index in [4.69, 9.17) is 27.9 Å². The minimum absolute atomic E-state index is 0.0194. The molecule has 0 bridgehead atoms. The molecule has 202 valence electrons. The molecule has 3 aromatic rings. The summed E-state index contributed by atoms with van der Waals surface area (Å²) in [5.41, 5.74) is 0.522. The van der Waals surface area contributed by atoms with Gasteiger partial charge in [0.1, 0.15) is 5.75 Å². The summed E-state index contributed by atoms with van der Waals surface area (Å²) in [6, 6.07) is 17.8. The van der Waals surface area contributed by atoms with Gasteiger partial charge >= 0.3 is 0 Å². The highest BCUT2D eigenvalue weighted by Gasteiger charge is 2.35. The van der Waals surface area contributed by atoms with Crippen LogP contribution in [0.4, 0.5) is 11.4 Å². The van der Waals surface area contributed by atoms with Gasteiger partial charge in [-0.1, -0.05) is 55.6 Å². The number of hydrogen-bond acceptors (Lipinski definition) is 5. The number of anilines is 2. The molecule has 0 aliphatic carbocycles. The lowest BCUT2D eigenvalue weighted by atomic mass is 9.98. The van der Waals surface area contributed by atoms with Gasteiger partial charge in [-0.05, 0) is 73.5 Å². The van der Waals surface area contributed by atoms with Gasteiger partial charge in [0.05, 0.1) is 27.8 Å². The lowest BCUT2D eigenvalue weighted by Gasteiger charge is -2.29. The van der Waals surface area contributed by atoms with Gasteiger partial charge in [-0.25, -0.2) is 8.42 Å². The zero-order valence-electron chi connectivity index (χ0n) is 21.4. The normalized spacial score (nSPS) is 12.9. The minimum atomic E-state index is -3.29. The van der Waals surface area contributed by atoms with Crippen molar-refractivity contribution in [2.45, 2.75) is 50.5 Å². The highest BCUT2D eigenvalue weighted by molar-refractivity contribution is 7.91. The molecule has 2 N–H and O–H groups in total. The van der Waals surface area contributed by atoms with Crippen LogP contribution in [-0.4, -0.2) is 31.6 Å². The maximum Gasteiger partial charge on any atom is 0.268 e. The van der Waals surface area contributed by atoms with Crippen LogP contribution in [-0.2, 0) is 25.8 Å². The molecule has 3 rings (SSSR count). The average molecular weight is 578 g/mol. The molecule has 1 unspecified atom stereocenters. The van der Waals surface area contributed by atoms with E-state index in [0.717, 1.165) is 0 Å². The molecule has 0 heterocycles. The second-order valence-electron chi connectivity index (χ2n) is 8.96. The van der Waals surface area contributed by atoms with Crippen LogP contribution in [0.2, 0.25) is 10.0 Å². The van der Waals surface area contributed by atoms with Crippen molar-refractivity contribution in [2.75, 3.05) is 16.4 Å². The number of hydrogen-bond donors (Lipinski definition) is 2. The molecule has 38 heavy (non-hydrogen) atoms. The molecule has 7 nitrogen and oxygen atoms in total. The first kappa shape index (κ1) is 29.5. The molecule has 0 radical (unpaired) electrons. The largest absolute Gasteiger partial charge is 0.478 e. The van der Waals surface area contributed by atoms with Crippen molar-refractivity contribution in [3.63, 3.8) is 0 Å². The predicted molar refractivity (Wildman–Crippen MR) is 152 cm³/mol. The van der Waals surface area contributed by atoms with E-state index in [2.05, 4.69) is 10.6 Å². The Hall–Kier alpha value is -3.07. The summed E-state index contributed by atoms with van der Waals surface area (Å²) in [4.78, 5) is 25.9. The van der Waals surface area contributed by atoms with Crippen LogP contribution in [0.3, 0.4) is 0 Å². The molecule has 0 saturated carbocycles. The second-order valence-corrected chi connectivity index (χ2v) is 12.1. The van der Waals surface area contributed by atoms with E-state index in [1.54, 1.807) is 68.4 Å². The summed E-state index contributed by atoms with van der Waals surface area (Å²) < 4.78 is 30.0. The van der Waals surface area contributed by atoms with Crippen molar-refractivity contribution in [3.05, 3.63) is 82.3 Å². The smallest absolute Gasteiger partial charge is 0.268 e. The van der Waals surface area contributed by atoms with Gasteiger partial charge in [0, 0.05) is 10.7 Å². The van der Waals surface area contributed by atoms with E-state index in [9.17, 15) is 18.0 Å². The monoisotopic (exact) mass is 576 g/mol. The number of amides is 2. The Morgan fingerprint density at radius 2 is 1.58 bits per heavy atom. The number of halogens is 2. The van der Waals surface area contributed by atoms with Crippen molar-refractivity contribution in [1.29, 1.82) is 0 Å². The van der Waals surface area contributed by atoms with Gasteiger partial charge in [-0.3, -0.25) is 9.59 Å². The van der Waals surface area contributed by atoms with Crippen molar-refractivity contribution in [1.82, 2.24) is 0 Å². The van der Waals surface area contributed by atoms with Crippen LogP contribution in [0.1, 0.15) is 39.2 Å². The highest BCUT2D eigenvalue weighted by Crippen LogP contribution is 2.29. The van der Waals surface area contributed by atoms with Crippen LogP contribution < -0.4 is 15.4 Å². The predicted octanol–water partition coefficient (Wildman–Crippen LogP) is 6.54. The number of nitrogens with one attached hydrogen (secondary N) is 2. The van der Waals surface area contributed by atoms with Crippen LogP contribution in [0.25, 0.3) is 0 Å². The maximum atomic E-state index is 13.1. The quantitative estimate of drug-likeness (QED) is 0.269. The lowest BCUT2D eigenvalue weighted by molar-refractivity contribution is -0.130. The number of rotatable bonds is 11. The summed E-state index contributed by atoms with van der Waals surface area (Å²) in [7, 11) is -3.29. The fraction of sp³-hybridized carbons (Fsp3) is 0.286. The van der Waals surface area contributed by atoms with Crippen molar-refractivity contribution in [2.24, 2.45) is 0 Å². The average Bonchev–Trinajstić information content (AvgIpc) is 2.87. The zero-order chi connectivity index (χ0) is 27.9. The van der Waals surface area contributed by atoms with E-state index in [1.807, 2.05) is 6.92 Å². The van der Waals surface area contributed by atoms with Crippen molar-refractivity contribution < 1.29 is 22.7 Å². The van der Waals surface area contributed by atoms with Gasteiger partial charge in [0.2, 0.25) is 5.91 Å². The molecule has 3 aromatic carbocycles. The molecule has 0 spiro atoms. The Morgan fingerprint density at radius 1 is 0.921 bits per heavy atom. The molecule has 10 heteroatoms. The fourth-order valence-electron chi connectivity index (χ4n) is 3.77. The third-order valence-electron chi connectivity index (χ3n) is 5.90. The van der Waals surface area contributed by atoms with Gasteiger partial charge in [0.15, 0.2) is 15.4 Å². The van der Waals surface area contributed by atoms with Gasteiger partial charge in [0.25, 0.3) is 5.91 Å². The molecule has 0 aromatic heterocycles. The Kier molecular flexibility index (Phi) is 9.82. The molecule has 0 fully saturated rings. The van der Waals surface area contributed by atoms with Gasteiger partial charge in [-0.2, -0.15) is 0 Å². The third kappa shape index (κ3) is 7.72. The molecule has 0 aliphatic rings. The number of ether oxygens (including phenoxy) is 1. The topological polar surface area (TPSA) is 102 Å². The van der Waals surface area contributed by atoms with Crippen LogP contribution >= 0.6 is 23.2 Å². The Morgan fingerprint density at radius 3 is 2.16 bits per heavy atom. The highest BCUT2D eigenvalue weighted by atomic mass is 35.5. The number of sulfone groups is 1. The first-order chi connectivity index (χ1) is 18.0. The van der Waals surface area contributed by atoms with Crippen LogP contribution in [0.5, 0.6) is 5.75 Å². The Labute approximate surface area is 233 Å². The first-order valence-corrected chi connectivity index (χ1v) is 14.5. The van der Waals surface area contributed by atoms with Crippen LogP contribution in [0.15, 0.2) is 71.6 Å². The number of benzene rings is 3. The minimum Gasteiger partial charge on any atom is -0.478 e. The lowest BCUT2D eigenvalue weighted by Crippen LogP contribution is -2.45. The van der Waals surface area contributed by atoms with E-state index >= 15 is 0 Å². The van der Waals surface area contributed by atoms with E-state index in [1.165, 1.54) is 12.1 Å². The summed E-state index contributed by atoms with van der Waals surface area (Å²) >= 11 is 12.1. The summed E-state index contributed by atoms with van der Waals surface area (Å²) in [5.74, 6) is -0.117. The Bertz CT molecular complexity index is 1390. The first-order valence-electron chi connectivity index (χ1n) is 12.1. The summed E-state index contributed by atoms with van der Waals surface area (Å²) in [6.45, 7) is 5.25. The molecule has 0 saturated heterocycles. The van der Waals surface area contributed by atoms with Crippen molar-refractivity contribution in [3.8, 4) is 5.75 Å². The third-order valence-corrected chi connectivity index (χ3v) is 8.19. The summed E-state index contributed by atoms with van der Waals surface area (Å²) in [5, 5.41) is 6.42. The molecule has 2 amide bonds. The molecule has 1 atom stereocenters. The number of carbonyl (C=O) groups excluding carboxylic acids is 2. The molecular formula is C28H30Cl2N2O5S. The van der Waals surface area contributed by atoms with E-state index in [0.29, 0.717) is 45.6 Å². The summed E-state index contributed by atoms with van der Waals surface area (Å²) in [6.07, 6.45) is 1.26. The number of carbonyl (C=O) groups is 2. The van der Waals surface area contributed by atoms with Crippen LogP contribution in [0, 0.1) is 0 Å². The van der Waals surface area contributed by atoms with Gasteiger partial charge < -0.3 is 15.4 Å². The second kappa shape index (κ2) is 12.7. The van der Waals surface area contributed by atoms with E-state index < -0.39 is 15.4 Å². The van der Waals surface area contributed by atoms with E-state index in [-0.39, 0.29) is 28.9 Å². The standard InChI is InChI=1S/C28H30Cl2N2O5S/c1-4-16-28(3,27(34)32-25-15-8-20(29)18-24(25)30)37-22-11-9-21(10-12-22)31-26(33)17-19-6-13-23(14-7-19)38(35,36)5-2/h6-15,18H,4-5,16-17H2,1-3H3,(H,31,33)(H,32,34). The van der Waals surface area contributed by atoms with Gasteiger partial charge in [-0.15, -0.1) is 0 Å². The fourth-order valence-corrected chi connectivity index (χ4v) is 5.11.